The third-order valence-corrected chi connectivity index (χ3v) is 5.60. The summed E-state index contributed by atoms with van der Waals surface area (Å²) in [6, 6.07) is 9.95. The normalized spacial score (nSPS) is 30.7. The molecule has 0 amide bonds. The molecule has 1 aromatic carbocycles. The van der Waals surface area contributed by atoms with E-state index in [2.05, 4.69) is 33.1 Å². The van der Waals surface area contributed by atoms with E-state index in [0.29, 0.717) is 11.3 Å². The maximum absolute atomic E-state index is 10.2. The first kappa shape index (κ1) is 18.7. The zero-order valence-electron chi connectivity index (χ0n) is 14.7. The van der Waals surface area contributed by atoms with Crippen molar-refractivity contribution >= 4 is 21.8 Å². The van der Waals surface area contributed by atoms with E-state index in [9.17, 15) is 10.5 Å². The van der Waals surface area contributed by atoms with Crippen LogP contribution < -0.4 is 10.5 Å². The van der Waals surface area contributed by atoms with Gasteiger partial charge < -0.3 is 19.9 Å². The SMILES string of the molecule is CCOC1(OCC)N=C(N)C2(C#N)C(c3cc(Br)ccc3OC)C12C#N. The van der Waals surface area contributed by atoms with Crippen molar-refractivity contribution in [3.63, 3.8) is 0 Å². The van der Waals surface area contributed by atoms with Crippen molar-refractivity contribution in [1.29, 1.82) is 10.5 Å². The lowest BCUT2D eigenvalue weighted by molar-refractivity contribution is -0.255. The first-order valence-electron chi connectivity index (χ1n) is 8.24. The lowest BCUT2D eigenvalue weighted by atomic mass is 9.93. The number of hydrogen-bond acceptors (Lipinski definition) is 7. The van der Waals surface area contributed by atoms with E-state index < -0.39 is 22.7 Å². The second-order valence-corrected chi connectivity index (χ2v) is 7.02. The third kappa shape index (κ3) is 1.95. The van der Waals surface area contributed by atoms with E-state index >= 15 is 0 Å². The molecule has 1 heterocycles. The van der Waals surface area contributed by atoms with E-state index in [1.54, 1.807) is 27.0 Å². The molecule has 1 fully saturated rings. The molecule has 3 unspecified atom stereocenters. The quantitative estimate of drug-likeness (QED) is 0.710. The van der Waals surface area contributed by atoms with E-state index in [-0.39, 0.29) is 19.0 Å². The van der Waals surface area contributed by atoms with Crippen LogP contribution in [-0.2, 0) is 9.47 Å². The van der Waals surface area contributed by atoms with Crippen molar-refractivity contribution in [3.05, 3.63) is 28.2 Å². The summed E-state index contributed by atoms with van der Waals surface area (Å²) < 4.78 is 17.9. The third-order valence-electron chi connectivity index (χ3n) is 5.11. The van der Waals surface area contributed by atoms with Crippen LogP contribution in [0.3, 0.4) is 0 Å². The molecular weight excluding hydrogens is 400 g/mol. The Bertz CT molecular complexity index is 853. The fourth-order valence-corrected chi connectivity index (χ4v) is 4.53. The number of methoxy groups -OCH3 is 1. The van der Waals surface area contributed by atoms with Crippen LogP contribution in [0.2, 0.25) is 0 Å². The molecule has 0 spiro atoms. The average Bonchev–Trinajstić information content (AvgIpc) is 3.20. The number of benzene rings is 1. The second kappa shape index (κ2) is 6.24. The van der Waals surface area contributed by atoms with Gasteiger partial charge in [0.2, 0.25) is 0 Å². The number of hydrogen-bond donors (Lipinski definition) is 1. The minimum absolute atomic E-state index is 0.0514. The minimum atomic E-state index is -1.62. The Kier molecular flexibility index (Phi) is 4.48. The van der Waals surface area contributed by atoms with Crippen LogP contribution in [0, 0.1) is 33.5 Å². The van der Waals surface area contributed by atoms with Gasteiger partial charge in [-0.2, -0.15) is 10.5 Å². The molecule has 0 radical (unpaired) electrons. The molecule has 8 heteroatoms. The number of aliphatic imine (C=N–C) groups is 1. The number of nitrogens with zero attached hydrogens (tertiary/aromatic N) is 3. The zero-order chi connectivity index (χ0) is 19.2. The van der Waals surface area contributed by atoms with Crippen LogP contribution >= 0.6 is 15.9 Å². The zero-order valence-corrected chi connectivity index (χ0v) is 16.3. The average molecular weight is 419 g/mol. The summed E-state index contributed by atoms with van der Waals surface area (Å²) in [6.07, 6.45) is 0. The Balaban J connectivity index is 2.28. The van der Waals surface area contributed by atoms with Crippen LogP contribution in [0.4, 0.5) is 0 Å². The number of nitrogens with two attached hydrogens (primary N) is 1. The lowest BCUT2D eigenvalue weighted by Gasteiger charge is -2.31. The Labute approximate surface area is 160 Å². The molecule has 0 bridgehead atoms. The molecule has 3 rings (SSSR count). The summed E-state index contributed by atoms with van der Waals surface area (Å²) in [5, 5.41) is 20.2. The monoisotopic (exact) mass is 418 g/mol. The summed E-state index contributed by atoms with van der Waals surface area (Å²) in [5.74, 6) is -1.60. The van der Waals surface area contributed by atoms with E-state index in [4.69, 9.17) is 19.9 Å². The van der Waals surface area contributed by atoms with Crippen molar-refractivity contribution in [2.75, 3.05) is 20.3 Å². The van der Waals surface area contributed by atoms with Gasteiger partial charge in [0.25, 0.3) is 5.91 Å². The molecule has 1 aromatic rings. The van der Waals surface area contributed by atoms with Crippen LogP contribution in [0.15, 0.2) is 27.7 Å². The Morgan fingerprint density at radius 3 is 2.38 bits per heavy atom. The van der Waals surface area contributed by atoms with Gasteiger partial charge in [-0.1, -0.05) is 15.9 Å². The fourth-order valence-electron chi connectivity index (χ4n) is 4.15. The summed E-state index contributed by atoms with van der Waals surface area (Å²) in [6.45, 7) is 4.07. The molecule has 3 atom stereocenters. The van der Waals surface area contributed by atoms with Gasteiger partial charge in [-0.3, -0.25) is 0 Å². The van der Waals surface area contributed by atoms with E-state index in [0.717, 1.165) is 4.47 Å². The molecule has 1 aliphatic heterocycles. The van der Waals surface area contributed by atoms with Gasteiger partial charge in [0.1, 0.15) is 17.0 Å². The molecule has 26 heavy (non-hydrogen) atoms. The molecule has 1 saturated carbocycles. The highest BCUT2D eigenvalue weighted by Gasteiger charge is 2.94. The maximum Gasteiger partial charge on any atom is 0.293 e. The Morgan fingerprint density at radius 1 is 1.23 bits per heavy atom. The Morgan fingerprint density at radius 2 is 1.88 bits per heavy atom. The number of fused-ring (bicyclic) bond motifs is 1. The molecule has 1 aliphatic carbocycles. The van der Waals surface area contributed by atoms with Crippen molar-refractivity contribution in [1.82, 2.24) is 0 Å². The van der Waals surface area contributed by atoms with Gasteiger partial charge in [-0.15, -0.1) is 0 Å². The van der Waals surface area contributed by atoms with Crippen LogP contribution in [0.25, 0.3) is 0 Å². The van der Waals surface area contributed by atoms with Gasteiger partial charge in [-0.05, 0) is 32.0 Å². The highest BCUT2D eigenvalue weighted by Crippen LogP contribution is 2.82. The standard InChI is InChI=1S/C18H19BrN4O3/c1-4-25-18(26-5-2)17(10-21)14(16(17,9-20)15(22)23-18)12-8-11(19)6-7-13(12)24-3/h6-8,14H,4-5H2,1-3H3,(H2,22,23). The van der Waals surface area contributed by atoms with E-state index in [1.165, 1.54) is 0 Å². The predicted molar refractivity (Wildman–Crippen MR) is 97.1 cm³/mol. The number of ether oxygens (including phenoxy) is 3. The van der Waals surface area contributed by atoms with Crippen LogP contribution in [-0.4, -0.2) is 32.1 Å². The largest absolute Gasteiger partial charge is 0.496 e. The smallest absolute Gasteiger partial charge is 0.293 e. The molecule has 0 saturated heterocycles. The van der Waals surface area contributed by atoms with Gasteiger partial charge >= 0.3 is 0 Å². The topological polar surface area (TPSA) is 114 Å². The molecule has 2 N–H and O–H groups in total. The minimum Gasteiger partial charge on any atom is -0.496 e. The fraction of sp³-hybridized carbons (Fsp3) is 0.500. The summed E-state index contributed by atoms with van der Waals surface area (Å²) in [7, 11) is 1.54. The van der Waals surface area contributed by atoms with Crippen LogP contribution in [0.5, 0.6) is 5.75 Å². The number of rotatable bonds is 6. The van der Waals surface area contributed by atoms with Gasteiger partial charge in [0.05, 0.1) is 19.2 Å². The highest BCUT2D eigenvalue weighted by molar-refractivity contribution is 9.10. The molecular formula is C18H19BrN4O3. The number of nitriles is 2. The van der Waals surface area contributed by atoms with Crippen molar-refractivity contribution in [3.8, 4) is 17.9 Å². The van der Waals surface area contributed by atoms with Gasteiger partial charge in [0.15, 0.2) is 5.41 Å². The van der Waals surface area contributed by atoms with E-state index in [1.807, 2.05) is 12.1 Å². The van der Waals surface area contributed by atoms with Gasteiger partial charge in [-0.25, -0.2) is 4.99 Å². The summed E-state index contributed by atoms with van der Waals surface area (Å²) in [5.41, 5.74) is 4.15. The first-order valence-corrected chi connectivity index (χ1v) is 9.03. The van der Waals surface area contributed by atoms with Gasteiger partial charge in [0, 0.05) is 29.2 Å². The molecule has 0 aromatic heterocycles. The summed E-state index contributed by atoms with van der Waals surface area (Å²) in [4.78, 5) is 4.32. The maximum atomic E-state index is 10.2. The highest BCUT2D eigenvalue weighted by atomic mass is 79.9. The molecule has 7 nitrogen and oxygen atoms in total. The van der Waals surface area contributed by atoms with Crippen molar-refractivity contribution in [2.45, 2.75) is 25.7 Å². The first-order chi connectivity index (χ1) is 12.4. The van der Waals surface area contributed by atoms with Crippen molar-refractivity contribution in [2.24, 2.45) is 21.6 Å². The molecule has 2 aliphatic rings. The Hall–Kier alpha value is -2.13. The molecule has 136 valence electrons. The number of halogens is 1. The van der Waals surface area contributed by atoms with Crippen LogP contribution in [0.1, 0.15) is 25.3 Å². The summed E-state index contributed by atoms with van der Waals surface area (Å²) >= 11 is 3.44. The lowest BCUT2D eigenvalue weighted by Crippen LogP contribution is -2.43. The van der Waals surface area contributed by atoms with Crippen molar-refractivity contribution < 1.29 is 14.2 Å². The predicted octanol–water partition coefficient (Wildman–Crippen LogP) is 2.67. The second-order valence-electron chi connectivity index (χ2n) is 6.10. The number of amidine groups is 1.